The number of rotatable bonds is 12. The van der Waals surface area contributed by atoms with Crippen LogP contribution >= 0.6 is 22.6 Å². The third kappa shape index (κ3) is 11.9. The van der Waals surface area contributed by atoms with Crippen molar-refractivity contribution in [1.29, 1.82) is 0 Å². The van der Waals surface area contributed by atoms with Crippen LogP contribution < -0.4 is 21.3 Å². The van der Waals surface area contributed by atoms with E-state index in [-0.39, 0.29) is 40.7 Å². The Morgan fingerprint density at radius 3 is 2.07 bits per heavy atom. The molecule has 0 aromatic heterocycles. The Labute approximate surface area is 187 Å². The molecular formula is C19H35IN4O5. The lowest BCUT2D eigenvalue weighted by Crippen LogP contribution is -2.55. The number of carbonyl (C=O) groups excluding carboxylic acids is 4. The van der Waals surface area contributed by atoms with E-state index in [0.717, 1.165) is 6.42 Å². The van der Waals surface area contributed by atoms with Gasteiger partial charge in [-0.1, -0.05) is 57.2 Å². The van der Waals surface area contributed by atoms with Gasteiger partial charge in [-0.3, -0.25) is 14.4 Å². The number of nitrogens with one attached hydrogen (secondary N) is 4. The molecule has 0 unspecified atom stereocenters. The second kappa shape index (κ2) is 13.6. The molecule has 168 valence electrons. The lowest BCUT2D eigenvalue weighted by Gasteiger charge is -2.23. The molecule has 0 saturated carbocycles. The predicted octanol–water partition coefficient (Wildman–Crippen LogP) is 1.35. The molecule has 0 heterocycles. The van der Waals surface area contributed by atoms with Crippen LogP contribution in [0, 0.1) is 11.3 Å². The average molecular weight is 526 g/mol. The minimum Gasteiger partial charge on any atom is -0.449 e. The minimum absolute atomic E-state index is 0.0801. The zero-order valence-corrected chi connectivity index (χ0v) is 20.3. The van der Waals surface area contributed by atoms with Gasteiger partial charge in [-0.25, -0.2) is 4.79 Å². The molecule has 0 aromatic carbocycles. The van der Waals surface area contributed by atoms with Gasteiger partial charge in [0.05, 0.1) is 11.0 Å². The summed E-state index contributed by atoms with van der Waals surface area (Å²) in [5.74, 6) is -1.16. The highest BCUT2D eigenvalue weighted by Gasteiger charge is 2.26. The number of halogens is 1. The topological polar surface area (TPSA) is 126 Å². The first kappa shape index (κ1) is 27.4. The molecule has 0 bridgehead atoms. The molecule has 0 radical (unpaired) electrons. The molecule has 0 aromatic rings. The van der Waals surface area contributed by atoms with Crippen LogP contribution in [0.4, 0.5) is 4.79 Å². The summed E-state index contributed by atoms with van der Waals surface area (Å²) in [6.07, 6.45) is 0.354. The van der Waals surface area contributed by atoms with E-state index in [0.29, 0.717) is 6.61 Å². The van der Waals surface area contributed by atoms with Crippen LogP contribution in [0.1, 0.15) is 48.0 Å². The molecule has 0 fully saturated rings. The highest BCUT2D eigenvalue weighted by molar-refractivity contribution is 14.1. The Bertz CT molecular complexity index is 569. The Morgan fingerprint density at radius 2 is 1.55 bits per heavy atom. The highest BCUT2D eigenvalue weighted by atomic mass is 127. The summed E-state index contributed by atoms with van der Waals surface area (Å²) in [5.41, 5.74) is -0.0801. The summed E-state index contributed by atoms with van der Waals surface area (Å²) in [4.78, 5) is 47.7. The summed E-state index contributed by atoms with van der Waals surface area (Å²) in [6.45, 7) is 11.9. The van der Waals surface area contributed by atoms with Gasteiger partial charge in [-0.05, 0) is 24.7 Å². The van der Waals surface area contributed by atoms with Crippen LogP contribution in [-0.4, -0.2) is 60.0 Å². The SMILES string of the molecule is CCC(C)(C)COC(=O)NCCNC(=O)[C@H](C)NC(=O)[C@@H](NC(=O)CI)C(C)C. The molecule has 29 heavy (non-hydrogen) atoms. The molecular weight excluding hydrogens is 491 g/mol. The van der Waals surface area contributed by atoms with E-state index in [2.05, 4.69) is 21.3 Å². The number of carbonyl (C=O) groups is 4. The minimum atomic E-state index is -0.780. The lowest BCUT2D eigenvalue weighted by atomic mass is 9.92. The number of alkyl halides is 1. The normalized spacial score (nSPS) is 13.2. The fourth-order valence-electron chi connectivity index (χ4n) is 2.03. The molecule has 0 spiro atoms. The van der Waals surface area contributed by atoms with Crippen LogP contribution in [0.25, 0.3) is 0 Å². The standard InChI is InChI=1S/C19H35IN4O5/c1-7-19(5,6)11-29-18(28)22-9-8-21-16(26)13(4)23-17(27)15(12(2)3)24-14(25)10-20/h12-13,15H,7-11H2,1-6H3,(H,21,26)(H,22,28)(H,23,27)(H,24,25)/t13-,15-/m0/s1. The van der Waals surface area contributed by atoms with Crippen molar-refractivity contribution in [2.45, 2.75) is 60.0 Å². The predicted molar refractivity (Wildman–Crippen MR) is 120 cm³/mol. The summed E-state index contributed by atoms with van der Waals surface area (Å²) in [7, 11) is 0. The van der Waals surface area contributed by atoms with Crippen molar-refractivity contribution in [3.8, 4) is 0 Å². The number of hydrogen-bond acceptors (Lipinski definition) is 5. The van der Waals surface area contributed by atoms with E-state index in [4.69, 9.17) is 4.74 Å². The maximum atomic E-state index is 12.4. The van der Waals surface area contributed by atoms with E-state index >= 15 is 0 Å². The van der Waals surface area contributed by atoms with E-state index in [9.17, 15) is 19.2 Å². The number of amides is 4. The van der Waals surface area contributed by atoms with Gasteiger partial charge in [-0.15, -0.1) is 0 Å². The summed E-state index contributed by atoms with van der Waals surface area (Å²) in [6, 6.07) is -1.49. The maximum absolute atomic E-state index is 12.4. The molecule has 0 saturated heterocycles. The first-order valence-corrected chi connectivity index (χ1v) is 11.3. The van der Waals surface area contributed by atoms with Crippen molar-refractivity contribution in [3.63, 3.8) is 0 Å². The van der Waals surface area contributed by atoms with E-state index < -0.39 is 24.1 Å². The van der Waals surface area contributed by atoms with Gasteiger partial charge in [0, 0.05) is 13.1 Å². The van der Waals surface area contributed by atoms with Crippen LogP contribution in [0.2, 0.25) is 0 Å². The van der Waals surface area contributed by atoms with E-state index in [1.54, 1.807) is 6.92 Å². The molecule has 10 heteroatoms. The van der Waals surface area contributed by atoms with Crippen LogP contribution in [0.15, 0.2) is 0 Å². The highest BCUT2D eigenvalue weighted by Crippen LogP contribution is 2.19. The summed E-state index contributed by atoms with van der Waals surface area (Å²) in [5, 5.41) is 10.5. The van der Waals surface area contributed by atoms with Gasteiger partial charge in [0.2, 0.25) is 17.7 Å². The third-order valence-corrected chi connectivity index (χ3v) is 5.08. The molecule has 0 aliphatic heterocycles. The second-order valence-electron chi connectivity index (χ2n) is 7.96. The average Bonchev–Trinajstić information content (AvgIpc) is 2.66. The van der Waals surface area contributed by atoms with E-state index in [1.807, 2.05) is 57.2 Å². The fraction of sp³-hybridized carbons (Fsp3) is 0.789. The van der Waals surface area contributed by atoms with Crippen molar-refractivity contribution in [2.24, 2.45) is 11.3 Å². The molecule has 0 rings (SSSR count). The van der Waals surface area contributed by atoms with Crippen LogP contribution in [0.5, 0.6) is 0 Å². The Morgan fingerprint density at radius 1 is 0.966 bits per heavy atom. The Balaban J connectivity index is 4.28. The van der Waals surface area contributed by atoms with Gasteiger partial charge in [-0.2, -0.15) is 0 Å². The zero-order chi connectivity index (χ0) is 22.6. The maximum Gasteiger partial charge on any atom is 0.407 e. The number of hydrogen-bond donors (Lipinski definition) is 4. The molecule has 4 N–H and O–H groups in total. The first-order chi connectivity index (χ1) is 13.4. The Kier molecular flexibility index (Phi) is 12.9. The summed E-state index contributed by atoms with van der Waals surface area (Å²) < 4.78 is 5.39. The third-order valence-electron chi connectivity index (χ3n) is 4.38. The molecule has 0 aliphatic carbocycles. The number of alkyl carbamates (subject to hydrolysis) is 1. The summed E-state index contributed by atoms with van der Waals surface area (Å²) >= 11 is 1.92. The molecule has 9 nitrogen and oxygen atoms in total. The molecule has 0 aliphatic rings. The molecule has 2 atom stereocenters. The quantitative estimate of drug-likeness (QED) is 0.174. The van der Waals surface area contributed by atoms with Crippen molar-refractivity contribution >= 4 is 46.4 Å². The lowest BCUT2D eigenvalue weighted by molar-refractivity contribution is -0.132. The fourth-order valence-corrected chi connectivity index (χ4v) is 2.25. The smallest absolute Gasteiger partial charge is 0.407 e. The van der Waals surface area contributed by atoms with E-state index in [1.165, 1.54) is 0 Å². The van der Waals surface area contributed by atoms with Gasteiger partial charge in [0.25, 0.3) is 0 Å². The molecule has 4 amide bonds. The van der Waals surface area contributed by atoms with Crippen molar-refractivity contribution < 1.29 is 23.9 Å². The van der Waals surface area contributed by atoms with Crippen molar-refractivity contribution in [2.75, 3.05) is 24.1 Å². The van der Waals surface area contributed by atoms with Crippen molar-refractivity contribution in [1.82, 2.24) is 21.3 Å². The van der Waals surface area contributed by atoms with Crippen molar-refractivity contribution in [3.05, 3.63) is 0 Å². The second-order valence-corrected chi connectivity index (χ2v) is 8.73. The first-order valence-electron chi connectivity index (χ1n) is 9.77. The Hall–Kier alpha value is -1.59. The monoisotopic (exact) mass is 526 g/mol. The van der Waals surface area contributed by atoms with Gasteiger partial charge >= 0.3 is 6.09 Å². The number of ether oxygens (including phenoxy) is 1. The van der Waals surface area contributed by atoms with Gasteiger partial charge < -0.3 is 26.0 Å². The van der Waals surface area contributed by atoms with Crippen LogP contribution in [-0.2, 0) is 19.1 Å². The zero-order valence-electron chi connectivity index (χ0n) is 18.2. The van der Waals surface area contributed by atoms with Gasteiger partial charge in [0.1, 0.15) is 12.1 Å². The van der Waals surface area contributed by atoms with Crippen LogP contribution in [0.3, 0.4) is 0 Å². The van der Waals surface area contributed by atoms with Gasteiger partial charge in [0.15, 0.2) is 0 Å². The largest absolute Gasteiger partial charge is 0.449 e.